The predicted molar refractivity (Wildman–Crippen MR) is 111 cm³/mol. The average Bonchev–Trinajstić information content (AvgIpc) is 2.77. The number of piperidine rings is 1. The molecular weight excluding hydrogens is 409 g/mol. The summed E-state index contributed by atoms with van der Waals surface area (Å²) in [6.07, 6.45) is -1.60. The first kappa shape index (κ1) is 22.9. The highest BCUT2D eigenvalue weighted by atomic mass is 19.4. The number of carbonyl (C=O) groups excluding carboxylic acids is 1. The number of rotatable bonds is 7. The first-order valence-electron chi connectivity index (χ1n) is 10.2. The van der Waals surface area contributed by atoms with Crippen molar-refractivity contribution in [2.75, 3.05) is 27.3 Å². The van der Waals surface area contributed by atoms with Gasteiger partial charge in [0.15, 0.2) is 11.5 Å². The Kier molecular flexibility index (Phi) is 7.43. The SMILES string of the molecule is COc1ccc(CNC(=O)CN2CCCCC2c2ccc(C(F)(F)F)cc2)cc1OC. The first-order valence-corrected chi connectivity index (χ1v) is 10.2. The van der Waals surface area contributed by atoms with Gasteiger partial charge in [-0.2, -0.15) is 13.2 Å². The van der Waals surface area contributed by atoms with Crippen molar-refractivity contribution < 1.29 is 27.4 Å². The zero-order valence-electron chi connectivity index (χ0n) is 17.7. The van der Waals surface area contributed by atoms with Crippen LogP contribution in [-0.2, 0) is 17.5 Å². The monoisotopic (exact) mass is 436 g/mol. The van der Waals surface area contributed by atoms with Gasteiger partial charge in [-0.15, -0.1) is 0 Å². The summed E-state index contributed by atoms with van der Waals surface area (Å²) in [6, 6.07) is 10.6. The van der Waals surface area contributed by atoms with Gasteiger partial charge in [0.05, 0.1) is 26.3 Å². The van der Waals surface area contributed by atoms with E-state index in [4.69, 9.17) is 9.47 Å². The molecule has 0 bridgehead atoms. The van der Waals surface area contributed by atoms with Crippen molar-refractivity contribution >= 4 is 5.91 Å². The van der Waals surface area contributed by atoms with Crippen molar-refractivity contribution in [3.63, 3.8) is 0 Å². The van der Waals surface area contributed by atoms with E-state index in [1.807, 2.05) is 17.0 Å². The van der Waals surface area contributed by atoms with Gasteiger partial charge in [0, 0.05) is 12.6 Å². The van der Waals surface area contributed by atoms with Crippen molar-refractivity contribution in [3.8, 4) is 11.5 Å². The fourth-order valence-corrected chi connectivity index (χ4v) is 3.88. The molecule has 1 amide bonds. The first-order chi connectivity index (χ1) is 14.8. The van der Waals surface area contributed by atoms with Crippen LogP contribution in [0.15, 0.2) is 42.5 Å². The summed E-state index contributed by atoms with van der Waals surface area (Å²) >= 11 is 0. The summed E-state index contributed by atoms with van der Waals surface area (Å²) in [7, 11) is 3.11. The molecule has 5 nitrogen and oxygen atoms in total. The average molecular weight is 436 g/mol. The van der Waals surface area contributed by atoms with E-state index in [-0.39, 0.29) is 18.5 Å². The maximum absolute atomic E-state index is 12.8. The van der Waals surface area contributed by atoms with Gasteiger partial charge in [-0.3, -0.25) is 9.69 Å². The number of carbonyl (C=O) groups is 1. The molecule has 2 aromatic carbocycles. The van der Waals surface area contributed by atoms with E-state index >= 15 is 0 Å². The fraction of sp³-hybridized carbons (Fsp3) is 0.435. The van der Waals surface area contributed by atoms with Gasteiger partial charge in [-0.05, 0) is 54.8 Å². The molecule has 0 aromatic heterocycles. The number of benzene rings is 2. The van der Waals surface area contributed by atoms with Gasteiger partial charge in [-0.1, -0.05) is 24.6 Å². The molecule has 1 heterocycles. The summed E-state index contributed by atoms with van der Waals surface area (Å²) in [5.41, 5.74) is 1.02. The number of alkyl halides is 3. The second-order valence-electron chi connectivity index (χ2n) is 7.57. The van der Waals surface area contributed by atoms with E-state index in [1.165, 1.54) is 12.1 Å². The topological polar surface area (TPSA) is 50.8 Å². The van der Waals surface area contributed by atoms with Crippen LogP contribution in [0.1, 0.15) is 42.0 Å². The Morgan fingerprint density at radius 3 is 2.42 bits per heavy atom. The fourth-order valence-electron chi connectivity index (χ4n) is 3.88. The zero-order valence-corrected chi connectivity index (χ0v) is 17.7. The summed E-state index contributed by atoms with van der Waals surface area (Å²) in [5, 5.41) is 2.91. The molecule has 168 valence electrons. The quantitative estimate of drug-likeness (QED) is 0.691. The number of methoxy groups -OCH3 is 2. The largest absolute Gasteiger partial charge is 0.493 e. The van der Waals surface area contributed by atoms with Crippen molar-refractivity contribution in [3.05, 3.63) is 59.2 Å². The summed E-state index contributed by atoms with van der Waals surface area (Å²) in [5.74, 6) is 1.08. The standard InChI is InChI=1S/C23H27F3N2O3/c1-30-20-11-6-16(13-21(20)31-2)14-27-22(29)15-28-12-4-3-5-19(28)17-7-9-18(10-8-17)23(24,25)26/h6-11,13,19H,3-5,12,14-15H2,1-2H3,(H,27,29). The van der Waals surface area contributed by atoms with E-state index < -0.39 is 11.7 Å². The third-order valence-corrected chi connectivity index (χ3v) is 5.52. The molecule has 3 rings (SSSR count). The zero-order chi connectivity index (χ0) is 22.4. The minimum Gasteiger partial charge on any atom is -0.493 e. The number of amides is 1. The molecule has 2 aromatic rings. The Bertz CT molecular complexity index is 885. The Hall–Kier alpha value is -2.74. The van der Waals surface area contributed by atoms with Crippen molar-refractivity contribution in [1.29, 1.82) is 0 Å². The predicted octanol–water partition coefficient (Wildman–Crippen LogP) is 4.57. The molecule has 1 fully saturated rings. The van der Waals surface area contributed by atoms with E-state index in [0.29, 0.717) is 18.0 Å². The molecule has 1 saturated heterocycles. The van der Waals surface area contributed by atoms with Crippen LogP contribution in [0.2, 0.25) is 0 Å². The Labute approximate surface area is 180 Å². The molecule has 1 aliphatic rings. The molecule has 0 spiro atoms. The second kappa shape index (κ2) is 10.0. The maximum Gasteiger partial charge on any atom is 0.416 e. The third-order valence-electron chi connectivity index (χ3n) is 5.52. The molecule has 0 radical (unpaired) electrons. The molecule has 1 N–H and O–H groups in total. The smallest absolute Gasteiger partial charge is 0.416 e. The lowest BCUT2D eigenvalue weighted by Crippen LogP contribution is -2.41. The Morgan fingerprint density at radius 1 is 1.06 bits per heavy atom. The minimum absolute atomic E-state index is 0.0668. The highest BCUT2D eigenvalue weighted by Crippen LogP contribution is 2.34. The van der Waals surface area contributed by atoms with Gasteiger partial charge in [0.1, 0.15) is 0 Å². The highest BCUT2D eigenvalue weighted by Gasteiger charge is 2.31. The molecule has 0 aliphatic carbocycles. The van der Waals surface area contributed by atoms with E-state index in [0.717, 1.165) is 49.1 Å². The number of nitrogens with zero attached hydrogens (tertiary/aromatic N) is 1. The van der Waals surface area contributed by atoms with Crippen LogP contribution >= 0.6 is 0 Å². The molecule has 8 heteroatoms. The lowest BCUT2D eigenvalue weighted by atomic mass is 9.94. The van der Waals surface area contributed by atoms with Crippen molar-refractivity contribution in [2.45, 2.75) is 38.0 Å². The second-order valence-corrected chi connectivity index (χ2v) is 7.57. The van der Waals surface area contributed by atoms with Crippen LogP contribution in [0.5, 0.6) is 11.5 Å². The molecule has 1 aliphatic heterocycles. The van der Waals surface area contributed by atoms with Crippen LogP contribution < -0.4 is 14.8 Å². The van der Waals surface area contributed by atoms with Crippen LogP contribution in [0.3, 0.4) is 0 Å². The number of halogens is 3. The van der Waals surface area contributed by atoms with Crippen LogP contribution in [0.25, 0.3) is 0 Å². The van der Waals surface area contributed by atoms with Gasteiger partial charge < -0.3 is 14.8 Å². The van der Waals surface area contributed by atoms with Gasteiger partial charge in [0.25, 0.3) is 0 Å². The summed E-state index contributed by atoms with van der Waals surface area (Å²) < 4.78 is 49.0. The lowest BCUT2D eigenvalue weighted by Gasteiger charge is -2.35. The van der Waals surface area contributed by atoms with Crippen LogP contribution in [0.4, 0.5) is 13.2 Å². The van der Waals surface area contributed by atoms with Gasteiger partial charge >= 0.3 is 6.18 Å². The van der Waals surface area contributed by atoms with Crippen molar-refractivity contribution in [2.24, 2.45) is 0 Å². The number of likely N-dealkylation sites (tertiary alicyclic amines) is 1. The number of ether oxygens (including phenoxy) is 2. The normalized spacial score (nSPS) is 17.3. The molecule has 0 saturated carbocycles. The van der Waals surface area contributed by atoms with Gasteiger partial charge in [0.2, 0.25) is 5.91 Å². The lowest BCUT2D eigenvalue weighted by molar-refractivity contribution is -0.137. The summed E-state index contributed by atoms with van der Waals surface area (Å²) in [6.45, 7) is 1.27. The van der Waals surface area contributed by atoms with E-state index in [2.05, 4.69) is 5.32 Å². The van der Waals surface area contributed by atoms with Gasteiger partial charge in [-0.25, -0.2) is 0 Å². The number of hydrogen-bond donors (Lipinski definition) is 1. The highest BCUT2D eigenvalue weighted by molar-refractivity contribution is 5.78. The van der Waals surface area contributed by atoms with Crippen LogP contribution in [0, 0.1) is 0 Å². The summed E-state index contributed by atoms with van der Waals surface area (Å²) in [4.78, 5) is 14.6. The van der Waals surface area contributed by atoms with Crippen LogP contribution in [-0.4, -0.2) is 38.1 Å². The molecule has 1 unspecified atom stereocenters. The molecule has 31 heavy (non-hydrogen) atoms. The van der Waals surface area contributed by atoms with E-state index in [9.17, 15) is 18.0 Å². The Balaban J connectivity index is 1.61. The molecule has 1 atom stereocenters. The molecular formula is C23H27F3N2O3. The number of nitrogens with one attached hydrogen (secondary N) is 1. The number of hydrogen-bond acceptors (Lipinski definition) is 4. The third kappa shape index (κ3) is 5.91. The van der Waals surface area contributed by atoms with E-state index in [1.54, 1.807) is 20.3 Å². The minimum atomic E-state index is -4.35. The van der Waals surface area contributed by atoms with Crippen molar-refractivity contribution in [1.82, 2.24) is 10.2 Å². The maximum atomic E-state index is 12.8. The Morgan fingerprint density at radius 2 is 1.77 bits per heavy atom.